The zero-order valence-corrected chi connectivity index (χ0v) is 16.7. The van der Waals surface area contributed by atoms with E-state index in [-0.39, 0.29) is 11.4 Å². The first-order valence-corrected chi connectivity index (χ1v) is 10.0. The van der Waals surface area contributed by atoms with E-state index in [1.54, 1.807) is 36.8 Å². The van der Waals surface area contributed by atoms with Gasteiger partial charge in [0.1, 0.15) is 5.75 Å². The summed E-state index contributed by atoms with van der Waals surface area (Å²) in [6.07, 6.45) is 0.601. The van der Waals surface area contributed by atoms with Gasteiger partial charge >= 0.3 is 0 Å². The van der Waals surface area contributed by atoms with Gasteiger partial charge in [-0.2, -0.15) is 0 Å². The Balaban J connectivity index is 1.99. The monoisotopic (exact) mass is 401 g/mol. The van der Waals surface area contributed by atoms with Crippen molar-refractivity contribution in [2.45, 2.75) is 19.4 Å². The fourth-order valence-corrected chi connectivity index (χ4v) is 3.97. The van der Waals surface area contributed by atoms with Crippen LogP contribution in [0.2, 0.25) is 0 Å². The van der Waals surface area contributed by atoms with E-state index >= 15 is 0 Å². The smallest absolute Gasteiger partial charge is 0.290 e. The predicted octanol–water partition coefficient (Wildman–Crippen LogP) is 3.76. The molecule has 28 heavy (non-hydrogen) atoms. The van der Waals surface area contributed by atoms with Gasteiger partial charge in [-0.3, -0.25) is 9.59 Å². The predicted molar refractivity (Wildman–Crippen MR) is 107 cm³/mol. The Morgan fingerprint density at radius 3 is 2.61 bits per heavy atom. The number of aliphatic hydroxyl groups excluding tert-OH is 1. The number of rotatable bonds is 9. The molecule has 1 amide bonds. The van der Waals surface area contributed by atoms with E-state index in [0.29, 0.717) is 36.8 Å². The number of benzene rings is 1. The molecule has 0 bridgehead atoms. The van der Waals surface area contributed by atoms with Crippen LogP contribution in [-0.4, -0.2) is 48.6 Å². The van der Waals surface area contributed by atoms with Crippen LogP contribution in [0.1, 0.15) is 34.6 Å². The summed E-state index contributed by atoms with van der Waals surface area (Å²) in [7, 11) is 1.59. The average Bonchev–Trinajstić information content (AvgIpc) is 3.32. The molecule has 0 fully saturated rings. The van der Waals surface area contributed by atoms with Crippen LogP contribution in [-0.2, 0) is 9.53 Å². The second kappa shape index (κ2) is 9.03. The van der Waals surface area contributed by atoms with Crippen molar-refractivity contribution in [3.05, 3.63) is 63.6 Å². The van der Waals surface area contributed by atoms with Crippen molar-refractivity contribution >= 4 is 23.0 Å². The highest BCUT2D eigenvalue weighted by molar-refractivity contribution is 7.12. The minimum absolute atomic E-state index is 0.119. The molecule has 0 spiro atoms. The van der Waals surface area contributed by atoms with Crippen molar-refractivity contribution in [3.63, 3.8) is 0 Å². The molecule has 1 N–H and O–H groups in total. The summed E-state index contributed by atoms with van der Waals surface area (Å²) in [4.78, 5) is 27.8. The zero-order chi connectivity index (χ0) is 20.1. The van der Waals surface area contributed by atoms with Crippen LogP contribution >= 0.6 is 11.3 Å². The highest BCUT2D eigenvalue weighted by Crippen LogP contribution is 2.40. The molecule has 7 heteroatoms. The van der Waals surface area contributed by atoms with Crippen molar-refractivity contribution in [2.24, 2.45) is 0 Å². The lowest BCUT2D eigenvalue weighted by Crippen LogP contribution is -2.32. The number of ether oxygens (including phenoxy) is 2. The topological polar surface area (TPSA) is 76.1 Å². The van der Waals surface area contributed by atoms with E-state index in [2.05, 4.69) is 0 Å². The average molecular weight is 401 g/mol. The molecule has 0 radical (unpaired) electrons. The van der Waals surface area contributed by atoms with Crippen molar-refractivity contribution < 1.29 is 24.2 Å². The third-order valence-electron chi connectivity index (χ3n) is 4.55. The van der Waals surface area contributed by atoms with Gasteiger partial charge in [0.05, 0.1) is 23.1 Å². The number of hydrogen-bond acceptors (Lipinski definition) is 6. The Hall–Kier alpha value is -2.64. The maximum atomic E-state index is 13.1. The third-order valence-corrected chi connectivity index (χ3v) is 5.42. The van der Waals surface area contributed by atoms with Crippen LogP contribution in [0.25, 0.3) is 0 Å². The number of thiophene rings is 1. The minimum atomic E-state index is -0.644. The van der Waals surface area contributed by atoms with Crippen LogP contribution in [0, 0.1) is 0 Å². The van der Waals surface area contributed by atoms with Gasteiger partial charge in [0.25, 0.3) is 5.91 Å². The Labute approximate surface area is 168 Å². The molecule has 1 aliphatic heterocycles. The molecule has 1 aromatic heterocycles. The van der Waals surface area contributed by atoms with Crippen LogP contribution < -0.4 is 4.74 Å². The number of Topliss-reactive ketones (excluding diaryl/α,β-unsaturated/α-hetero) is 1. The maximum Gasteiger partial charge on any atom is 0.290 e. The molecule has 1 aromatic carbocycles. The Morgan fingerprint density at radius 2 is 2.00 bits per heavy atom. The molecule has 0 unspecified atom stereocenters. The van der Waals surface area contributed by atoms with Gasteiger partial charge in [0.15, 0.2) is 5.76 Å². The molecule has 0 saturated carbocycles. The van der Waals surface area contributed by atoms with E-state index < -0.39 is 17.7 Å². The van der Waals surface area contributed by atoms with Crippen LogP contribution in [0.3, 0.4) is 0 Å². The number of ketones is 1. The van der Waals surface area contributed by atoms with Gasteiger partial charge in [-0.25, -0.2) is 0 Å². The molecular weight excluding hydrogens is 378 g/mol. The molecule has 6 nitrogen and oxygen atoms in total. The first-order chi connectivity index (χ1) is 13.6. The van der Waals surface area contributed by atoms with Gasteiger partial charge in [0.2, 0.25) is 5.78 Å². The second-order valence-electron chi connectivity index (χ2n) is 6.32. The van der Waals surface area contributed by atoms with Crippen molar-refractivity contribution in [1.82, 2.24) is 4.90 Å². The Morgan fingerprint density at radius 1 is 1.25 bits per heavy atom. The Kier molecular flexibility index (Phi) is 6.49. The zero-order valence-electron chi connectivity index (χ0n) is 15.9. The molecule has 3 rings (SSSR count). The van der Waals surface area contributed by atoms with Gasteiger partial charge in [-0.1, -0.05) is 18.2 Å². The summed E-state index contributed by atoms with van der Waals surface area (Å²) in [6, 6.07) is 10.1. The van der Waals surface area contributed by atoms with Crippen LogP contribution in [0.4, 0.5) is 0 Å². The van der Waals surface area contributed by atoms with Gasteiger partial charge < -0.3 is 19.5 Å². The number of aliphatic hydroxyl groups is 1. The van der Waals surface area contributed by atoms with E-state index in [1.807, 2.05) is 19.1 Å². The number of hydrogen-bond donors (Lipinski definition) is 1. The van der Waals surface area contributed by atoms with E-state index in [1.165, 1.54) is 16.2 Å². The first kappa shape index (κ1) is 20.1. The number of carbonyl (C=O) groups excluding carboxylic acids is 2. The summed E-state index contributed by atoms with van der Waals surface area (Å²) < 4.78 is 10.6. The fourth-order valence-electron chi connectivity index (χ4n) is 3.30. The summed E-state index contributed by atoms with van der Waals surface area (Å²) in [5.41, 5.74) is 0.868. The second-order valence-corrected chi connectivity index (χ2v) is 7.27. The molecule has 2 aromatic rings. The fraction of sp³-hybridized carbons (Fsp3) is 0.333. The van der Waals surface area contributed by atoms with Gasteiger partial charge in [-0.15, -0.1) is 11.3 Å². The summed E-state index contributed by atoms with van der Waals surface area (Å²) in [6.45, 7) is 3.30. The van der Waals surface area contributed by atoms with Crippen molar-refractivity contribution in [2.75, 3.05) is 26.9 Å². The lowest BCUT2D eigenvalue weighted by Gasteiger charge is -2.26. The van der Waals surface area contributed by atoms with Crippen LogP contribution in [0.5, 0.6) is 5.75 Å². The quantitative estimate of drug-likeness (QED) is 0.511. The van der Waals surface area contributed by atoms with Gasteiger partial charge in [0, 0.05) is 20.3 Å². The highest BCUT2D eigenvalue weighted by atomic mass is 32.1. The largest absolute Gasteiger partial charge is 0.503 e. The molecule has 1 aliphatic rings. The number of amides is 1. The lowest BCUT2D eigenvalue weighted by molar-refractivity contribution is -0.129. The van der Waals surface area contributed by atoms with Crippen molar-refractivity contribution in [1.29, 1.82) is 0 Å². The SMILES string of the molecule is CCOc1ccc([C@H]2C(C(=O)c3cccs3)=C(O)C(=O)N2CCCOC)cc1. The summed E-state index contributed by atoms with van der Waals surface area (Å²) >= 11 is 1.29. The summed E-state index contributed by atoms with van der Waals surface area (Å²) in [5.74, 6) is -0.626. The van der Waals surface area contributed by atoms with E-state index in [4.69, 9.17) is 9.47 Å². The van der Waals surface area contributed by atoms with Gasteiger partial charge in [-0.05, 0) is 42.5 Å². The number of methoxy groups -OCH3 is 1. The Bertz CT molecular complexity index is 857. The molecule has 148 valence electrons. The van der Waals surface area contributed by atoms with E-state index in [9.17, 15) is 14.7 Å². The standard InChI is InChI=1S/C21H23NO5S/c1-3-27-15-9-7-14(8-10-15)18-17(19(23)16-6-4-13-28-16)20(24)21(25)22(18)11-5-12-26-2/h4,6-10,13,18,24H,3,5,11-12H2,1-2H3/t18-/m0/s1. The lowest BCUT2D eigenvalue weighted by atomic mass is 9.95. The molecule has 1 atom stereocenters. The number of nitrogens with zero attached hydrogens (tertiary/aromatic N) is 1. The van der Waals surface area contributed by atoms with Crippen molar-refractivity contribution in [3.8, 4) is 5.75 Å². The normalized spacial score (nSPS) is 16.7. The molecule has 0 aliphatic carbocycles. The molecular formula is C21H23NO5S. The summed E-state index contributed by atoms with van der Waals surface area (Å²) in [5, 5.41) is 12.3. The van der Waals surface area contributed by atoms with E-state index in [0.717, 1.165) is 5.56 Å². The molecule has 2 heterocycles. The maximum absolute atomic E-state index is 13.1. The third kappa shape index (κ3) is 3.95. The van der Waals surface area contributed by atoms with Crippen LogP contribution in [0.15, 0.2) is 53.1 Å². The highest BCUT2D eigenvalue weighted by Gasteiger charge is 2.43. The minimum Gasteiger partial charge on any atom is -0.503 e. The molecule has 0 saturated heterocycles. The number of carbonyl (C=O) groups is 2. The first-order valence-electron chi connectivity index (χ1n) is 9.12.